The lowest BCUT2D eigenvalue weighted by molar-refractivity contribution is -0.117. The van der Waals surface area contributed by atoms with Crippen LogP contribution in [0.15, 0.2) is 6.07 Å². The van der Waals surface area contributed by atoms with E-state index in [0.717, 1.165) is 25.0 Å². The summed E-state index contributed by atoms with van der Waals surface area (Å²) in [4.78, 5) is 11.3. The molecule has 0 bridgehead atoms. The van der Waals surface area contributed by atoms with Gasteiger partial charge >= 0.3 is 0 Å². The lowest BCUT2D eigenvalue weighted by atomic mass is 10.3. The van der Waals surface area contributed by atoms with Crippen molar-refractivity contribution in [2.24, 2.45) is 5.92 Å². The van der Waals surface area contributed by atoms with Crippen LogP contribution in [0.1, 0.15) is 25.5 Å². The molecule has 1 amide bonds. The van der Waals surface area contributed by atoms with Crippen LogP contribution in [-0.4, -0.2) is 16.1 Å². The summed E-state index contributed by atoms with van der Waals surface area (Å²) in [7, 11) is 0. The summed E-state index contributed by atoms with van der Waals surface area (Å²) in [6.45, 7) is 2.04. The minimum atomic E-state index is 0.106. The highest BCUT2D eigenvalue weighted by Gasteiger charge is 2.29. The fourth-order valence-corrected chi connectivity index (χ4v) is 1.18. The largest absolute Gasteiger partial charge is 0.309 e. The number of nitrogens with one attached hydrogen (secondary N) is 2. The Morgan fingerprint density at radius 2 is 2.54 bits per heavy atom. The van der Waals surface area contributed by atoms with Gasteiger partial charge in [0.2, 0.25) is 5.91 Å². The molecular weight excluding hydrogens is 166 g/mol. The van der Waals surface area contributed by atoms with E-state index in [1.807, 2.05) is 13.0 Å². The second kappa shape index (κ2) is 3.20. The number of carbonyl (C=O) groups is 1. The van der Waals surface area contributed by atoms with Crippen molar-refractivity contribution in [1.82, 2.24) is 10.2 Å². The predicted octanol–water partition coefficient (Wildman–Crippen LogP) is 1.32. The highest BCUT2D eigenvalue weighted by molar-refractivity contribution is 5.93. The molecule has 1 aliphatic carbocycles. The molecular formula is C9H13N3O. The van der Waals surface area contributed by atoms with Crippen molar-refractivity contribution < 1.29 is 4.79 Å². The number of hydrogen-bond donors (Lipinski definition) is 2. The van der Waals surface area contributed by atoms with E-state index in [4.69, 9.17) is 0 Å². The van der Waals surface area contributed by atoms with E-state index < -0.39 is 0 Å². The molecule has 70 valence electrons. The van der Waals surface area contributed by atoms with Crippen molar-refractivity contribution >= 4 is 11.7 Å². The third kappa shape index (κ3) is 1.88. The zero-order valence-corrected chi connectivity index (χ0v) is 7.63. The fourth-order valence-electron chi connectivity index (χ4n) is 1.18. The SMILES string of the molecule is CCc1cc(NC(=O)C2CC2)n[nH]1. The first-order valence-electron chi connectivity index (χ1n) is 4.64. The molecule has 1 heterocycles. The third-order valence-corrected chi connectivity index (χ3v) is 2.21. The Labute approximate surface area is 76.7 Å². The monoisotopic (exact) mass is 179 g/mol. The first-order chi connectivity index (χ1) is 6.29. The molecule has 1 aromatic heterocycles. The smallest absolute Gasteiger partial charge is 0.228 e. The summed E-state index contributed by atoms with van der Waals surface area (Å²) in [6.07, 6.45) is 2.96. The van der Waals surface area contributed by atoms with Crippen LogP contribution in [0.3, 0.4) is 0 Å². The van der Waals surface area contributed by atoms with Crippen LogP contribution in [0.5, 0.6) is 0 Å². The molecule has 4 heteroatoms. The maximum atomic E-state index is 11.3. The van der Waals surface area contributed by atoms with E-state index >= 15 is 0 Å². The van der Waals surface area contributed by atoms with Crippen molar-refractivity contribution in [3.8, 4) is 0 Å². The van der Waals surface area contributed by atoms with E-state index in [0.29, 0.717) is 5.82 Å². The van der Waals surface area contributed by atoms with Gasteiger partial charge in [-0.2, -0.15) is 5.10 Å². The van der Waals surface area contributed by atoms with Gasteiger partial charge in [0.1, 0.15) is 0 Å². The molecule has 1 aromatic rings. The van der Waals surface area contributed by atoms with Crippen LogP contribution in [-0.2, 0) is 11.2 Å². The minimum absolute atomic E-state index is 0.106. The number of hydrogen-bond acceptors (Lipinski definition) is 2. The molecule has 0 aliphatic heterocycles. The van der Waals surface area contributed by atoms with Gasteiger partial charge in [0.25, 0.3) is 0 Å². The van der Waals surface area contributed by atoms with Crippen LogP contribution < -0.4 is 5.32 Å². The Hall–Kier alpha value is -1.32. The van der Waals surface area contributed by atoms with E-state index in [1.54, 1.807) is 0 Å². The van der Waals surface area contributed by atoms with Crippen molar-refractivity contribution in [2.45, 2.75) is 26.2 Å². The van der Waals surface area contributed by atoms with Gasteiger partial charge in [0.15, 0.2) is 5.82 Å². The molecule has 2 N–H and O–H groups in total. The summed E-state index contributed by atoms with van der Waals surface area (Å²) >= 11 is 0. The van der Waals surface area contributed by atoms with Gasteiger partial charge in [-0.25, -0.2) is 0 Å². The first kappa shape index (κ1) is 8.29. The van der Waals surface area contributed by atoms with E-state index in [-0.39, 0.29) is 11.8 Å². The second-order valence-corrected chi connectivity index (χ2v) is 3.40. The minimum Gasteiger partial charge on any atom is -0.309 e. The number of aromatic nitrogens is 2. The molecule has 0 saturated heterocycles. The number of H-pyrrole nitrogens is 1. The Morgan fingerprint density at radius 3 is 3.08 bits per heavy atom. The molecule has 0 atom stereocenters. The van der Waals surface area contributed by atoms with Crippen LogP contribution in [0.25, 0.3) is 0 Å². The van der Waals surface area contributed by atoms with Gasteiger partial charge in [0, 0.05) is 17.7 Å². The molecule has 0 aromatic carbocycles. The number of rotatable bonds is 3. The molecule has 1 aliphatic rings. The van der Waals surface area contributed by atoms with Gasteiger partial charge in [-0.1, -0.05) is 6.92 Å². The Bertz CT molecular complexity index is 314. The van der Waals surface area contributed by atoms with Crippen molar-refractivity contribution in [3.63, 3.8) is 0 Å². The van der Waals surface area contributed by atoms with Gasteiger partial charge in [-0.3, -0.25) is 9.89 Å². The fraction of sp³-hybridized carbons (Fsp3) is 0.556. The summed E-state index contributed by atoms with van der Waals surface area (Å²) in [5, 5.41) is 9.61. The van der Waals surface area contributed by atoms with Crippen molar-refractivity contribution in [2.75, 3.05) is 5.32 Å². The average Bonchev–Trinajstić information content (AvgIpc) is 2.88. The second-order valence-electron chi connectivity index (χ2n) is 3.40. The normalized spacial score (nSPS) is 15.8. The number of anilines is 1. The standard InChI is InChI=1S/C9H13N3O/c1-2-7-5-8(12-11-7)10-9(13)6-3-4-6/h5-6H,2-4H2,1H3,(H2,10,11,12,13). The number of nitrogens with zero attached hydrogens (tertiary/aromatic N) is 1. The lowest BCUT2D eigenvalue weighted by Crippen LogP contribution is -2.13. The third-order valence-electron chi connectivity index (χ3n) is 2.21. The molecule has 1 fully saturated rings. The molecule has 0 radical (unpaired) electrons. The molecule has 4 nitrogen and oxygen atoms in total. The van der Waals surface area contributed by atoms with Gasteiger partial charge in [-0.15, -0.1) is 0 Å². The molecule has 0 spiro atoms. The van der Waals surface area contributed by atoms with Crippen molar-refractivity contribution in [1.29, 1.82) is 0 Å². The molecule has 1 saturated carbocycles. The van der Waals surface area contributed by atoms with E-state index in [1.165, 1.54) is 0 Å². The number of aryl methyl sites for hydroxylation is 1. The van der Waals surface area contributed by atoms with E-state index in [9.17, 15) is 4.79 Å². The Balaban J connectivity index is 1.96. The highest BCUT2D eigenvalue weighted by atomic mass is 16.2. The van der Waals surface area contributed by atoms with Crippen LogP contribution in [0.2, 0.25) is 0 Å². The van der Waals surface area contributed by atoms with Crippen LogP contribution >= 0.6 is 0 Å². The first-order valence-corrected chi connectivity index (χ1v) is 4.64. The summed E-state index contributed by atoms with van der Waals surface area (Å²) in [5.41, 5.74) is 1.05. The highest BCUT2D eigenvalue weighted by Crippen LogP contribution is 2.29. The zero-order chi connectivity index (χ0) is 9.26. The molecule has 2 rings (SSSR count). The van der Waals surface area contributed by atoms with Gasteiger partial charge < -0.3 is 5.32 Å². The number of carbonyl (C=O) groups excluding carboxylic acids is 1. The predicted molar refractivity (Wildman–Crippen MR) is 49.3 cm³/mol. The molecule has 13 heavy (non-hydrogen) atoms. The average molecular weight is 179 g/mol. The van der Waals surface area contributed by atoms with E-state index in [2.05, 4.69) is 15.5 Å². The summed E-state index contributed by atoms with van der Waals surface area (Å²) in [5.74, 6) is 0.990. The quantitative estimate of drug-likeness (QED) is 0.735. The Morgan fingerprint density at radius 1 is 1.77 bits per heavy atom. The molecule has 0 unspecified atom stereocenters. The lowest BCUT2D eigenvalue weighted by Gasteiger charge is -1.96. The van der Waals surface area contributed by atoms with Crippen LogP contribution in [0.4, 0.5) is 5.82 Å². The maximum absolute atomic E-state index is 11.3. The Kier molecular flexibility index (Phi) is 2.04. The maximum Gasteiger partial charge on any atom is 0.228 e. The van der Waals surface area contributed by atoms with Crippen LogP contribution in [0, 0.1) is 5.92 Å². The zero-order valence-electron chi connectivity index (χ0n) is 7.63. The topological polar surface area (TPSA) is 57.8 Å². The van der Waals surface area contributed by atoms with Gasteiger partial charge in [-0.05, 0) is 19.3 Å². The van der Waals surface area contributed by atoms with Gasteiger partial charge in [0.05, 0.1) is 0 Å². The summed E-state index contributed by atoms with van der Waals surface area (Å²) in [6, 6.07) is 1.88. The number of amides is 1. The van der Waals surface area contributed by atoms with Crippen molar-refractivity contribution in [3.05, 3.63) is 11.8 Å². The summed E-state index contributed by atoms with van der Waals surface area (Å²) < 4.78 is 0. The number of aromatic amines is 1.